The predicted molar refractivity (Wildman–Crippen MR) is 90.0 cm³/mol. The van der Waals surface area contributed by atoms with E-state index in [0.29, 0.717) is 50.9 Å². The van der Waals surface area contributed by atoms with E-state index in [1.807, 2.05) is 4.90 Å². The number of aliphatic hydroxyl groups is 1. The second kappa shape index (κ2) is 9.11. The van der Waals surface area contributed by atoms with E-state index in [1.54, 1.807) is 17.0 Å². The monoisotopic (exact) mass is 338 g/mol. The van der Waals surface area contributed by atoms with E-state index in [0.717, 1.165) is 0 Å². The Morgan fingerprint density at radius 2 is 1.88 bits per heavy atom. The van der Waals surface area contributed by atoms with Crippen LogP contribution >= 0.6 is 0 Å². The van der Waals surface area contributed by atoms with Crippen LogP contribution in [0.3, 0.4) is 0 Å². The highest BCUT2D eigenvalue weighted by Crippen LogP contribution is 2.16. The van der Waals surface area contributed by atoms with Gasteiger partial charge >= 0.3 is 0 Å². The minimum Gasteiger partial charge on any atom is -0.387 e. The number of hydrogen-bond acceptors (Lipinski definition) is 4. The Morgan fingerprint density at radius 1 is 1.25 bits per heavy atom. The zero-order valence-electron chi connectivity index (χ0n) is 14.4. The smallest absolute Gasteiger partial charge is 0.236 e. The average molecular weight is 338 g/mol. The Labute approximate surface area is 143 Å². The van der Waals surface area contributed by atoms with Gasteiger partial charge in [-0.3, -0.25) is 9.69 Å². The van der Waals surface area contributed by atoms with E-state index >= 15 is 0 Å². The Hall–Kier alpha value is -1.50. The maximum absolute atomic E-state index is 13.0. The SMILES string of the molecule is CC(C)CN(CC(=O)N1CCOCC1)CC(O)c1ccc(F)cc1. The molecule has 1 aromatic carbocycles. The van der Waals surface area contributed by atoms with Crippen molar-refractivity contribution in [3.8, 4) is 0 Å². The fourth-order valence-electron chi connectivity index (χ4n) is 2.86. The summed E-state index contributed by atoms with van der Waals surface area (Å²) in [4.78, 5) is 16.2. The normalized spacial score (nSPS) is 16.7. The van der Waals surface area contributed by atoms with Crippen LogP contribution in [0, 0.1) is 11.7 Å². The molecule has 5 nitrogen and oxygen atoms in total. The molecule has 1 aliphatic heterocycles. The third kappa shape index (κ3) is 5.85. The zero-order chi connectivity index (χ0) is 17.5. The largest absolute Gasteiger partial charge is 0.387 e. The first-order valence-corrected chi connectivity index (χ1v) is 8.47. The third-order valence-electron chi connectivity index (χ3n) is 4.03. The standard InChI is InChI=1S/C18H27FN2O3/c1-14(2)11-20(13-18(23)21-7-9-24-10-8-21)12-17(22)15-3-5-16(19)6-4-15/h3-6,14,17,22H,7-13H2,1-2H3. The summed E-state index contributed by atoms with van der Waals surface area (Å²) in [6, 6.07) is 5.84. The van der Waals surface area contributed by atoms with Crippen molar-refractivity contribution in [2.45, 2.75) is 20.0 Å². The van der Waals surface area contributed by atoms with E-state index in [-0.39, 0.29) is 18.3 Å². The number of nitrogens with zero attached hydrogens (tertiary/aromatic N) is 2. The summed E-state index contributed by atoms with van der Waals surface area (Å²) < 4.78 is 18.3. The summed E-state index contributed by atoms with van der Waals surface area (Å²) in [5.74, 6) is 0.112. The second-order valence-electron chi connectivity index (χ2n) is 6.65. The highest BCUT2D eigenvalue weighted by atomic mass is 19.1. The lowest BCUT2D eigenvalue weighted by Crippen LogP contribution is -2.47. The van der Waals surface area contributed by atoms with Gasteiger partial charge in [0.05, 0.1) is 25.9 Å². The molecule has 0 aromatic heterocycles. The summed E-state index contributed by atoms with van der Waals surface area (Å²) in [5, 5.41) is 10.4. The molecule has 1 N–H and O–H groups in total. The van der Waals surface area contributed by atoms with E-state index in [4.69, 9.17) is 4.74 Å². The number of morpholine rings is 1. The molecule has 1 amide bonds. The highest BCUT2D eigenvalue weighted by molar-refractivity contribution is 5.78. The molecule has 1 fully saturated rings. The van der Waals surface area contributed by atoms with Gasteiger partial charge < -0.3 is 14.7 Å². The molecular weight excluding hydrogens is 311 g/mol. The molecular formula is C18H27FN2O3. The maximum atomic E-state index is 13.0. The van der Waals surface area contributed by atoms with Gasteiger partial charge in [-0.2, -0.15) is 0 Å². The van der Waals surface area contributed by atoms with Crippen LogP contribution in [0.15, 0.2) is 24.3 Å². The molecule has 1 heterocycles. The Morgan fingerprint density at radius 3 is 2.46 bits per heavy atom. The lowest BCUT2D eigenvalue weighted by molar-refractivity contribution is -0.136. The van der Waals surface area contributed by atoms with Crippen molar-refractivity contribution >= 4 is 5.91 Å². The van der Waals surface area contributed by atoms with Crippen LogP contribution in [0.2, 0.25) is 0 Å². The summed E-state index contributed by atoms with van der Waals surface area (Å²) in [6.07, 6.45) is -0.748. The topological polar surface area (TPSA) is 53.0 Å². The fraction of sp³-hybridized carbons (Fsp3) is 0.611. The molecule has 1 aromatic rings. The summed E-state index contributed by atoms with van der Waals surface area (Å²) in [6.45, 7) is 7.89. The van der Waals surface area contributed by atoms with E-state index in [9.17, 15) is 14.3 Å². The van der Waals surface area contributed by atoms with Crippen LogP contribution < -0.4 is 0 Å². The van der Waals surface area contributed by atoms with Crippen molar-refractivity contribution in [2.75, 3.05) is 45.9 Å². The molecule has 6 heteroatoms. The predicted octanol–water partition coefficient (Wildman–Crippen LogP) is 1.68. The zero-order valence-corrected chi connectivity index (χ0v) is 14.4. The number of hydrogen-bond donors (Lipinski definition) is 1. The lowest BCUT2D eigenvalue weighted by atomic mass is 10.1. The Balaban J connectivity index is 1.96. The Kier molecular flexibility index (Phi) is 7.15. The number of aliphatic hydroxyl groups excluding tert-OH is 1. The van der Waals surface area contributed by atoms with E-state index in [1.165, 1.54) is 12.1 Å². The van der Waals surface area contributed by atoms with Gasteiger partial charge in [0, 0.05) is 26.2 Å². The van der Waals surface area contributed by atoms with Crippen LogP contribution in [0.5, 0.6) is 0 Å². The van der Waals surface area contributed by atoms with Crippen molar-refractivity contribution in [1.29, 1.82) is 0 Å². The molecule has 2 rings (SSSR count). The van der Waals surface area contributed by atoms with Crippen LogP contribution in [-0.2, 0) is 9.53 Å². The average Bonchev–Trinajstić information content (AvgIpc) is 2.55. The van der Waals surface area contributed by atoms with Crippen molar-refractivity contribution in [1.82, 2.24) is 9.80 Å². The molecule has 0 spiro atoms. The highest BCUT2D eigenvalue weighted by Gasteiger charge is 2.22. The van der Waals surface area contributed by atoms with Gasteiger partial charge in [-0.15, -0.1) is 0 Å². The fourth-order valence-corrected chi connectivity index (χ4v) is 2.86. The maximum Gasteiger partial charge on any atom is 0.236 e. The second-order valence-corrected chi connectivity index (χ2v) is 6.65. The molecule has 0 radical (unpaired) electrons. The van der Waals surface area contributed by atoms with Gasteiger partial charge in [-0.1, -0.05) is 26.0 Å². The number of benzene rings is 1. The quantitative estimate of drug-likeness (QED) is 0.822. The van der Waals surface area contributed by atoms with Crippen LogP contribution in [0.1, 0.15) is 25.5 Å². The molecule has 1 unspecified atom stereocenters. The van der Waals surface area contributed by atoms with Gasteiger partial charge in [0.15, 0.2) is 0 Å². The molecule has 0 bridgehead atoms. The molecule has 0 saturated carbocycles. The van der Waals surface area contributed by atoms with Gasteiger partial charge in [0.25, 0.3) is 0 Å². The van der Waals surface area contributed by atoms with Crippen molar-refractivity contribution < 1.29 is 19.0 Å². The molecule has 134 valence electrons. The van der Waals surface area contributed by atoms with Gasteiger partial charge in [0.2, 0.25) is 5.91 Å². The minimum absolute atomic E-state index is 0.0604. The van der Waals surface area contributed by atoms with Crippen molar-refractivity contribution in [3.05, 3.63) is 35.6 Å². The number of halogens is 1. The molecule has 0 aliphatic carbocycles. The number of ether oxygens (including phenoxy) is 1. The molecule has 1 aliphatic rings. The van der Waals surface area contributed by atoms with Gasteiger partial charge in [-0.25, -0.2) is 4.39 Å². The van der Waals surface area contributed by atoms with Crippen LogP contribution in [-0.4, -0.2) is 66.8 Å². The first kappa shape index (κ1) is 18.8. The van der Waals surface area contributed by atoms with Gasteiger partial charge in [-0.05, 0) is 23.6 Å². The minimum atomic E-state index is -0.748. The summed E-state index contributed by atoms with van der Waals surface area (Å²) >= 11 is 0. The first-order chi connectivity index (χ1) is 11.5. The Bertz CT molecular complexity index is 516. The summed E-state index contributed by atoms with van der Waals surface area (Å²) in [7, 11) is 0. The number of carbonyl (C=O) groups excluding carboxylic acids is 1. The lowest BCUT2D eigenvalue weighted by Gasteiger charge is -2.31. The summed E-state index contributed by atoms with van der Waals surface area (Å²) in [5.41, 5.74) is 0.656. The number of rotatable bonds is 7. The molecule has 24 heavy (non-hydrogen) atoms. The number of amides is 1. The number of carbonyl (C=O) groups is 1. The van der Waals surface area contributed by atoms with Crippen molar-refractivity contribution in [3.63, 3.8) is 0 Å². The van der Waals surface area contributed by atoms with E-state index < -0.39 is 6.10 Å². The van der Waals surface area contributed by atoms with Crippen LogP contribution in [0.4, 0.5) is 4.39 Å². The third-order valence-corrected chi connectivity index (χ3v) is 4.03. The van der Waals surface area contributed by atoms with Crippen LogP contribution in [0.25, 0.3) is 0 Å². The molecule has 1 saturated heterocycles. The first-order valence-electron chi connectivity index (χ1n) is 8.47. The van der Waals surface area contributed by atoms with E-state index in [2.05, 4.69) is 13.8 Å². The molecule has 1 atom stereocenters. The van der Waals surface area contributed by atoms with Gasteiger partial charge in [0.1, 0.15) is 5.82 Å². The van der Waals surface area contributed by atoms with Crippen molar-refractivity contribution in [2.24, 2.45) is 5.92 Å².